The molecule has 2 fully saturated rings. The Labute approximate surface area is 218 Å². The average molecular weight is 521 g/mol. The minimum atomic E-state index is -0.942. The molecule has 2 rings (SSSR count). The van der Waals surface area contributed by atoms with Gasteiger partial charge in [0.15, 0.2) is 0 Å². The van der Waals surface area contributed by atoms with Crippen molar-refractivity contribution >= 4 is 40.5 Å². The molecule has 2 aliphatic rings. The monoisotopic (exact) mass is 520 g/mol. The summed E-state index contributed by atoms with van der Waals surface area (Å²) in [5.74, 6) is -4.64. The second-order valence-electron chi connectivity index (χ2n) is 9.59. The molecule has 0 bridgehead atoms. The molecule has 0 radical (unpaired) electrons. The van der Waals surface area contributed by atoms with E-state index in [2.05, 4.69) is 10.3 Å². The highest BCUT2D eigenvalue weighted by molar-refractivity contribution is 6.23. The molecule has 0 N–H and O–H groups in total. The predicted octanol–water partition coefficient (Wildman–Crippen LogP) is 3.49. The maximum atomic E-state index is 13.0. The van der Waals surface area contributed by atoms with E-state index in [9.17, 15) is 24.0 Å². The van der Waals surface area contributed by atoms with Crippen molar-refractivity contribution < 1.29 is 38.4 Å². The summed E-state index contributed by atoms with van der Waals surface area (Å²) < 4.78 is 5.00. The van der Waals surface area contributed by atoms with Crippen molar-refractivity contribution in [2.75, 3.05) is 20.3 Å². The van der Waals surface area contributed by atoms with E-state index >= 15 is 0 Å². The molecule has 10 heteroatoms. The zero-order valence-electron chi connectivity index (χ0n) is 22.6. The van der Waals surface area contributed by atoms with Gasteiger partial charge in [-0.1, -0.05) is 24.2 Å². The molecule has 1 unspecified atom stereocenters. The van der Waals surface area contributed by atoms with Crippen LogP contribution in [0.3, 0.4) is 0 Å². The van der Waals surface area contributed by atoms with Gasteiger partial charge in [-0.3, -0.25) is 24.0 Å². The highest BCUT2D eigenvalue weighted by Gasteiger charge is 2.44. The molecule has 0 aromatic rings. The molecule has 0 aromatic carbocycles. The molecular formula is C27H40N2O8. The number of ketones is 4. The minimum Gasteiger partial charge on any atom is -0.469 e. The Balaban J connectivity index is 2.09. The highest BCUT2D eigenvalue weighted by atomic mass is 16.6. The summed E-state index contributed by atoms with van der Waals surface area (Å²) >= 11 is 0. The summed E-state index contributed by atoms with van der Waals surface area (Å²) in [4.78, 5) is 74.5. The quantitative estimate of drug-likeness (QED) is 0.156. The highest BCUT2D eigenvalue weighted by Crippen LogP contribution is 2.36. The molecule has 0 aromatic heterocycles. The predicted molar refractivity (Wildman–Crippen MR) is 136 cm³/mol. The van der Waals surface area contributed by atoms with Gasteiger partial charge in [0.05, 0.1) is 24.5 Å². The van der Waals surface area contributed by atoms with E-state index in [-0.39, 0.29) is 54.7 Å². The number of hydrogen-bond donors (Lipinski definition) is 0. The first-order valence-electron chi connectivity index (χ1n) is 13.3. The van der Waals surface area contributed by atoms with E-state index in [1.54, 1.807) is 13.8 Å². The fourth-order valence-corrected chi connectivity index (χ4v) is 5.34. The van der Waals surface area contributed by atoms with Gasteiger partial charge in [0.25, 0.3) is 0 Å². The number of oxime groups is 2. The van der Waals surface area contributed by atoms with Crippen LogP contribution in [0.4, 0.5) is 0 Å². The first-order valence-corrected chi connectivity index (χ1v) is 13.3. The number of carbonyl (C=O) groups excluding carboxylic acids is 5. The lowest BCUT2D eigenvalue weighted by molar-refractivity contribution is -0.149. The van der Waals surface area contributed by atoms with E-state index in [1.807, 2.05) is 13.8 Å². The number of methoxy groups -OCH3 is 1. The Bertz CT molecular complexity index is 889. The number of Topliss-reactive ketones (excluding diaryl/α,β-unsaturated/α-hetero) is 4. The Kier molecular flexibility index (Phi) is 12.1. The molecule has 1 atom stereocenters. The van der Waals surface area contributed by atoms with Crippen molar-refractivity contribution in [1.82, 2.24) is 0 Å². The Morgan fingerprint density at radius 3 is 1.59 bits per heavy atom. The second-order valence-corrected chi connectivity index (χ2v) is 9.59. The summed E-state index contributed by atoms with van der Waals surface area (Å²) in [7, 11) is 1.27. The van der Waals surface area contributed by atoms with E-state index in [1.165, 1.54) is 7.11 Å². The lowest BCUT2D eigenvalue weighted by Gasteiger charge is -2.32. The van der Waals surface area contributed by atoms with Gasteiger partial charge >= 0.3 is 5.97 Å². The van der Waals surface area contributed by atoms with Crippen LogP contribution in [-0.4, -0.2) is 60.8 Å². The molecule has 2 aliphatic carbocycles. The van der Waals surface area contributed by atoms with Crippen molar-refractivity contribution in [2.24, 2.45) is 39.9 Å². The van der Waals surface area contributed by atoms with Gasteiger partial charge in [0.1, 0.15) is 48.2 Å². The Hall–Kier alpha value is -2.91. The topological polar surface area (TPSA) is 138 Å². The first kappa shape index (κ1) is 30.3. The maximum Gasteiger partial charge on any atom is 0.308 e. The Morgan fingerprint density at radius 1 is 0.784 bits per heavy atom. The van der Waals surface area contributed by atoms with Crippen molar-refractivity contribution in [1.29, 1.82) is 0 Å². The third-order valence-corrected chi connectivity index (χ3v) is 7.17. The first-order chi connectivity index (χ1) is 17.7. The van der Waals surface area contributed by atoms with Crippen molar-refractivity contribution in [3.63, 3.8) is 0 Å². The molecule has 0 saturated heterocycles. The SMILES string of the molecule is CCON=C(CC)C1C(=O)CC(CCC(C(=O)OC)C2CC(=O)C(C(CC)=NOCC)C(=O)C2)CC1=O. The number of esters is 1. The third-order valence-electron chi connectivity index (χ3n) is 7.17. The van der Waals surface area contributed by atoms with Crippen LogP contribution in [0.1, 0.15) is 79.1 Å². The summed E-state index contributed by atoms with van der Waals surface area (Å²) in [6.45, 7) is 7.86. The minimum absolute atomic E-state index is 0.0552. The summed E-state index contributed by atoms with van der Waals surface area (Å²) in [6.07, 6.45) is 2.12. The summed E-state index contributed by atoms with van der Waals surface area (Å²) in [5, 5.41) is 7.93. The van der Waals surface area contributed by atoms with Crippen LogP contribution in [-0.2, 0) is 38.4 Å². The van der Waals surface area contributed by atoms with E-state index in [4.69, 9.17) is 14.4 Å². The van der Waals surface area contributed by atoms with Crippen LogP contribution < -0.4 is 0 Å². The molecule has 0 heterocycles. The van der Waals surface area contributed by atoms with Crippen LogP contribution in [0.25, 0.3) is 0 Å². The zero-order valence-corrected chi connectivity index (χ0v) is 22.6. The van der Waals surface area contributed by atoms with E-state index in [0.717, 1.165) is 0 Å². The lowest BCUT2D eigenvalue weighted by Crippen LogP contribution is -2.42. The molecule has 0 spiro atoms. The fourth-order valence-electron chi connectivity index (χ4n) is 5.34. The second kappa shape index (κ2) is 14.7. The number of ether oxygens (including phenoxy) is 1. The van der Waals surface area contributed by atoms with Crippen molar-refractivity contribution in [2.45, 2.75) is 79.1 Å². The van der Waals surface area contributed by atoms with E-state index < -0.39 is 29.6 Å². The largest absolute Gasteiger partial charge is 0.469 e. The van der Waals surface area contributed by atoms with Crippen molar-refractivity contribution in [3.8, 4) is 0 Å². The summed E-state index contributed by atoms with van der Waals surface area (Å²) in [6, 6.07) is 0. The molecule has 10 nitrogen and oxygen atoms in total. The Morgan fingerprint density at radius 2 is 1.22 bits per heavy atom. The molecule has 206 valence electrons. The maximum absolute atomic E-state index is 13.0. The number of rotatable bonds is 13. The van der Waals surface area contributed by atoms with Crippen LogP contribution >= 0.6 is 0 Å². The van der Waals surface area contributed by atoms with Crippen LogP contribution in [0.15, 0.2) is 10.3 Å². The van der Waals surface area contributed by atoms with Gasteiger partial charge in [-0.15, -0.1) is 0 Å². The fraction of sp³-hybridized carbons (Fsp3) is 0.741. The van der Waals surface area contributed by atoms with Crippen LogP contribution in [0.2, 0.25) is 0 Å². The number of nitrogens with zero attached hydrogens (tertiary/aromatic N) is 2. The van der Waals surface area contributed by atoms with E-state index in [0.29, 0.717) is 50.3 Å². The third kappa shape index (κ3) is 7.79. The standard InChI is InChI=1S/C27H40N2O8/c1-6-19(28-36-8-3)25-21(30)12-16(13-22(25)31)10-11-18(27(34)35-5)17-14-23(32)26(24(33)15-17)20(7-2)29-37-9-4/h16-18,25-26H,6-15H2,1-5H3. The van der Waals surface area contributed by atoms with Gasteiger partial charge in [-0.2, -0.15) is 0 Å². The average Bonchev–Trinajstić information content (AvgIpc) is 2.86. The molecule has 0 aliphatic heterocycles. The van der Waals surface area contributed by atoms with Crippen LogP contribution in [0, 0.1) is 29.6 Å². The van der Waals surface area contributed by atoms with Gasteiger partial charge in [-0.25, -0.2) is 0 Å². The number of carbonyl (C=O) groups is 5. The molecular weight excluding hydrogens is 480 g/mol. The van der Waals surface area contributed by atoms with Gasteiger partial charge in [0.2, 0.25) is 0 Å². The van der Waals surface area contributed by atoms with Gasteiger partial charge < -0.3 is 14.4 Å². The normalized spacial score (nSPS) is 26.2. The molecule has 37 heavy (non-hydrogen) atoms. The van der Waals surface area contributed by atoms with Crippen LogP contribution in [0.5, 0.6) is 0 Å². The summed E-state index contributed by atoms with van der Waals surface area (Å²) in [5.41, 5.74) is 0.842. The molecule has 2 saturated carbocycles. The lowest BCUT2D eigenvalue weighted by atomic mass is 9.70. The van der Waals surface area contributed by atoms with Crippen molar-refractivity contribution in [3.05, 3.63) is 0 Å². The number of hydrogen-bond acceptors (Lipinski definition) is 10. The van der Waals surface area contributed by atoms with Gasteiger partial charge in [0, 0.05) is 25.7 Å². The zero-order chi connectivity index (χ0) is 27.5. The van der Waals surface area contributed by atoms with Gasteiger partial charge in [-0.05, 0) is 51.4 Å². The smallest absolute Gasteiger partial charge is 0.308 e. The molecule has 0 amide bonds.